The molecule has 2 nitrogen and oxygen atoms in total. The van der Waals surface area contributed by atoms with Crippen molar-refractivity contribution < 1.29 is 17.9 Å². The fourth-order valence-electron chi connectivity index (χ4n) is 1.62. The van der Waals surface area contributed by atoms with Crippen LogP contribution in [0.3, 0.4) is 0 Å². The van der Waals surface area contributed by atoms with E-state index in [4.69, 9.17) is 10.5 Å². The SMILES string of the molecule is CCC(N)C(OC(C)C(F)(F)F)c1ccccc1Br. The van der Waals surface area contributed by atoms with Crippen LogP contribution in [0.2, 0.25) is 0 Å². The van der Waals surface area contributed by atoms with Gasteiger partial charge in [-0.1, -0.05) is 41.1 Å². The quantitative estimate of drug-likeness (QED) is 0.872. The van der Waals surface area contributed by atoms with Crippen LogP contribution in [0.5, 0.6) is 0 Å². The van der Waals surface area contributed by atoms with Crippen molar-refractivity contribution >= 4 is 15.9 Å². The predicted octanol–water partition coefficient (Wildman–Crippen LogP) is 4.19. The molecule has 3 unspecified atom stereocenters. The second-order valence-electron chi connectivity index (χ2n) is 4.33. The predicted molar refractivity (Wildman–Crippen MR) is 71.8 cm³/mol. The highest BCUT2D eigenvalue weighted by atomic mass is 79.9. The molecule has 0 saturated carbocycles. The summed E-state index contributed by atoms with van der Waals surface area (Å²) in [5.74, 6) is 0. The lowest BCUT2D eigenvalue weighted by Crippen LogP contribution is -2.37. The van der Waals surface area contributed by atoms with Crippen LogP contribution in [0.25, 0.3) is 0 Å². The normalized spacial score (nSPS) is 17.0. The van der Waals surface area contributed by atoms with E-state index in [1.807, 2.05) is 6.92 Å². The Morgan fingerprint density at radius 3 is 2.37 bits per heavy atom. The molecule has 1 aromatic rings. The van der Waals surface area contributed by atoms with E-state index in [0.717, 1.165) is 6.92 Å². The number of alkyl halides is 3. The first-order valence-corrected chi connectivity index (χ1v) is 6.78. The Labute approximate surface area is 119 Å². The fraction of sp³-hybridized carbons (Fsp3) is 0.538. The number of ether oxygens (including phenoxy) is 1. The summed E-state index contributed by atoms with van der Waals surface area (Å²) >= 11 is 3.32. The van der Waals surface area contributed by atoms with E-state index < -0.39 is 24.4 Å². The van der Waals surface area contributed by atoms with Gasteiger partial charge in [-0.25, -0.2) is 0 Å². The summed E-state index contributed by atoms with van der Waals surface area (Å²) < 4.78 is 43.7. The number of hydrogen-bond acceptors (Lipinski definition) is 2. The molecular formula is C13H17BrF3NO. The largest absolute Gasteiger partial charge is 0.414 e. The monoisotopic (exact) mass is 339 g/mol. The van der Waals surface area contributed by atoms with Gasteiger partial charge in [-0.2, -0.15) is 13.2 Å². The Morgan fingerprint density at radius 2 is 1.89 bits per heavy atom. The minimum Gasteiger partial charge on any atom is -0.359 e. The van der Waals surface area contributed by atoms with Gasteiger partial charge in [-0.05, 0) is 25.0 Å². The third-order valence-corrected chi connectivity index (χ3v) is 3.61. The van der Waals surface area contributed by atoms with Gasteiger partial charge < -0.3 is 10.5 Å². The number of benzene rings is 1. The lowest BCUT2D eigenvalue weighted by molar-refractivity contribution is -0.230. The van der Waals surface area contributed by atoms with Crippen LogP contribution in [-0.4, -0.2) is 18.3 Å². The van der Waals surface area contributed by atoms with E-state index in [2.05, 4.69) is 15.9 Å². The molecule has 6 heteroatoms. The Morgan fingerprint density at radius 1 is 1.32 bits per heavy atom. The van der Waals surface area contributed by atoms with Crippen molar-refractivity contribution in [3.8, 4) is 0 Å². The van der Waals surface area contributed by atoms with Gasteiger partial charge in [0, 0.05) is 10.5 Å². The van der Waals surface area contributed by atoms with Gasteiger partial charge in [0.2, 0.25) is 0 Å². The number of nitrogens with two attached hydrogens (primary N) is 1. The average molecular weight is 340 g/mol. The Hall–Kier alpha value is -0.590. The van der Waals surface area contributed by atoms with Gasteiger partial charge in [-0.15, -0.1) is 0 Å². The van der Waals surface area contributed by atoms with Gasteiger partial charge in [0.25, 0.3) is 0 Å². The highest BCUT2D eigenvalue weighted by Gasteiger charge is 2.39. The van der Waals surface area contributed by atoms with Gasteiger partial charge in [0.15, 0.2) is 6.10 Å². The maximum absolute atomic E-state index is 12.6. The standard InChI is InChI=1S/C13H17BrF3NO/c1-3-11(18)12(19-8(2)13(15,16)17)9-6-4-5-7-10(9)14/h4-8,11-12H,3,18H2,1-2H3. The highest BCUT2D eigenvalue weighted by Crippen LogP contribution is 2.33. The van der Waals surface area contributed by atoms with Crippen molar-refractivity contribution in [2.24, 2.45) is 5.73 Å². The second kappa shape index (κ2) is 6.72. The first-order chi connectivity index (χ1) is 8.77. The molecule has 0 aliphatic rings. The average Bonchev–Trinajstić information content (AvgIpc) is 2.34. The molecule has 0 heterocycles. The van der Waals surface area contributed by atoms with Crippen LogP contribution in [0.15, 0.2) is 28.7 Å². The van der Waals surface area contributed by atoms with Crippen molar-refractivity contribution in [2.45, 2.75) is 44.7 Å². The van der Waals surface area contributed by atoms with Crippen molar-refractivity contribution in [2.75, 3.05) is 0 Å². The topological polar surface area (TPSA) is 35.2 Å². The zero-order chi connectivity index (χ0) is 14.6. The van der Waals surface area contributed by atoms with Crippen LogP contribution in [0, 0.1) is 0 Å². The molecule has 0 aromatic heterocycles. The van der Waals surface area contributed by atoms with Crippen LogP contribution in [0.1, 0.15) is 31.9 Å². The molecule has 0 spiro atoms. The van der Waals surface area contributed by atoms with Gasteiger partial charge >= 0.3 is 6.18 Å². The molecule has 1 rings (SSSR count). The molecule has 0 radical (unpaired) electrons. The van der Waals surface area contributed by atoms with E-state index in [0.29, 0.717) is 16.5 Å². The number of rotatable bonds is 5. The molecule has 0 bridgehead atoms. The summed E-state index contributed by atoms with van der Waals surface area (Å²) in [4.78, 5) is 0. The van der Waals surface area contributed by atoms with Crippen molar-refractivity contribution in [1.29, 1.82) is 0 Å². The molecule has 0 amide bonds. The third-order valence-electron chi connectivity index (χ3n) is 2.88. The lowest BCUT2D eigenvalue weighted by Gasteiger charge is -2.29. The van der Waals surface area contributed by atoms with Crippen LogP contribution in [-0.2, 0) is 4.74 Å². The van der Waals surface area contributed by atoms with Crippen molar-refractivity contribution in [3.05, 3.63) is 34.3 Å². The molecule has 3 atom stereocenters. The summed E-state index contributed by atoms with van der Waals surface area (Å²) in [6.45, 7) is 2.81. The highest BCUT2D eigenvalue weighted by molar-refractivity contribution is 9.10. The molecule has 0 saturated heterocycles. The number of hydrogen-bond donors (Lipinski definition) is 1. The van der Waals surface area contributed by atoms with E-state index >= 15 is 0 Å². The first-order valence-electron chi connectivity index (χ1n) is 5.99. The summed E-state index contributed by atoms with van der Waals surface area (Å²) in [5.41, 5.74) is 6.53. The summed E-state index contributed by atoms with van der Waals surface area (Å²) in [5, 5.41) is 0. The summed E-state index contributed by atoms with van der Waals surface area (Å²) in [6, 6.07) is 6.51. The minimum atomic E-state index is -4.40. The molecule has 19 heavy (non-hydrogen) atoms. The molecule has 2 N–H and O–H groups in total. The molecule has 108 valence electrons. The molecule has 0 aliphatic heterocycles. The summed E-state index contributed by atoms with van der Waals surface area (Å²) in [6.07, 6.45) is -6.52. The zero-order valence-electron chi connectivity index (χ0n) is 10.7. The van der Waals surface area contributed by atoms with E-state index in [9.17, 15) is 13.2 Å². The summed E-state index contributed by atoms with van der Waals surface area (Å²) in [7, 11) is 0. The van der Waals surface area contributed by atoms with Crippen molar-refractivity contribution in [3.63, 3.8) is 0 Å². The van der Waals surface area contributed by atoms with E-state index in [1.54, 1.807) is 24.3 Å². The molecule has 0 aliphatic carbocycles. The van der Waals surface area contributed by atoms with Gasteiger partial charge in [0.1, 0.15) is 0 Å². The Balaban J connectivity index is 3.00. The van der Waals surface area contributed by atoms with Gasteiger partial charge in [-0.3, -0.25) is 0 Å². The maximum atomic E-state index is 12.6. The molecule has 1 aromatic carbocycles. The second-order valence-corrected chi connectivity index (χ2v) is 5.19. The Bertz CT molecular complexity index is 411. The zero-order valence-corrected chi connectivity index (χ0v) is 12.3. The minimum absolute atomic E-state index is 0.497. The van der Waals surface area contributed by atoms with Gasteiger partial charge in [0.05, 0.1) is 6.10 Å². The van der Waals surface area contributed by atoms with E-state index in [1.165, 1.54) is 0 Å². The molecular weight excluding hydrogens is 323 g/mol. The third kappa shape index (κ3) is 4.47. The maximum Gasteiger partial charge on any atom is 0.414 e. The van der Waals surface area contributed by atoms with E-state index in [-0.39, 0.29) is 0 Å². The first kappa shape index (κ1) is 16.5. The van der Waals surface area contributed by atoms with Crippen LogP contribution >= 0.6 is 15.9 Å². The smallest absolute Gasteiger partial charge is 0.359 e. The van der Waals surface area contributed by atoms with Crippen LogP contribution < -0.4 is 5.73 Å². The van der Waals surface area contributed by atoms with Crippen LogP contribution in [0.4, 0.5) is 13.2 Å². The number of halogens is 4. The Kier molecular flexibility index (Phi) is 5.82. The fourth-order valence-corrected chi connectivity index (χ4v) is 2.13. The lowest BCUT2D eigenvalue weighted by atomic mass is 10.0. The molecule has 0 fully saturated rings. The van der Waals surface area contributed by atoms with Crippen molar-refractivity contribution in [1.82, 2.24) is 0 Å².